The van der Waals surface area contributed by atoms with E-state index < -0.39 is 21.7 Å². The highest BCUT2D eigenvalue weighted by atomic mass is 35.5. The third-order valence-corrected chi connectivity index (χ3v) is 8.48. The number of nitrogens with zero attached hydrogens (tertiary/aromatic N) is 1. The molecule has 2 aromatic carbocycles. The van der Waals surface area contributed by atoms with Gasteiger partial charge >= 0.3 is 0 Å². The number of hydrogen-bond donors (Lipinski definition) is 2. The highest BCUT2D eigenvalue weighted by molar-refractivity contribution is 7.89. The summed E-state index contributed by atoms with van der Waals surface area (Å²) in [7, 11) is -3.88. The Morgan fingerprint density at radius 2 is 1.84 bits per heavy atom. The fourth-order valence-electron chi connectivity index (χ4n) is 4.88. The van der Waals surface area contributed by atoms with Crippen molar-refractivity contribution in [3.63, 3.8) is 0 Å². The van der Waals surface area contributed by atoms with Crippen molar-refractivity contribution in [1.29, 1.82) is 0 Å². The van der Waals surface area contributed by atoms with Crippen LogP contribution < -0.4 is 4.72 Å². The Morgan fingerprint density at radius 3 is 2.56 bits per heavy atom. The summed E-state index contributed by atoms with van der Waals surface area (Å²) in [5.74, 6) is -0.219. The molecular weight excluding hydrogens is 448 g/mol. The Bertz CT molecular complexity index is 1050. The standard InChI is InChI=1S/C24H29ClN2O4S/c25-20-11-9-18(10-12-20)16-22(26-32(30,31)21-7-2-1-3-8-21)23(28)27-15-14-24(29)13-5-4-6-19(24)17-27/h1-3,7-12,19,22,26,29H,4-6,13-17H2/t19-,22+,24+/m1/s1. The molecule has 1 aliphatic heterocycles. The Kier molecular flexibility index (Phi) is 6.91. The fourth-order valence-corrected chi connectivity index (χ4v) is 6.22. The number of fused-ring (bicyclic) bond motifs is 1. The lowest BCUT2D eigenvalue weighted by molar-refractivity contribution is -0.145. The minimum atomic E-state index is -3.88. The maximum absolute atomic E-state index is 13.5. The molecule has 172 valence electrons. The SMILES string of the molecule is O=C([C@H](Cc1ccc(Cl)cc1)NS(=O)(=O)c1ccccc1)N1CC[C@@]2(O)CCCC[C@@H]2C1. The average Bonchev–Trinajstić information content (AvgIpc) is 2.79. The van der Waals surface area contributed by atoms with E-state index in [0.29, 0.717) is 24.5 Å². The molecule has 0 unspecified atom stereocenters. The van der Waals surface area contributed by atoms with Crippen molar-refractivity contribution < 1.29 is 18.3 Å². The Labute approximate surface area is 194 Å². The van der Waals surface area contributed by atoms with Crippen LogP contribution in [0.25, 0.3) is 0 Å². The summed E-state index contributed by atoms with van der Waals surface area (Å²) in [6.45, 7) is 0.884. The smallest absolute Gasteiger partial charge is 0.241 e. The number of likely N-dealkylation sites (tertiary alicyclic amines) is 1. The number of carbonyl (C=O) groups excluding carboxylic acids is 1. The molecule has 0 aromatic heterocycles. The maximum Gasteiger partial charge on any atom is 0.241 e. The van der Waals surface area contributed by atoms with Gasteiger partial charge in [-0.15, -0.1) is 0 Å². The second-order valence-electron chi connectivity index (χ2n) is 8.90. The van der Waals surface area contributed by atoms with Crippen molar-refractivity contribution in [3.05, 3.63) is 65.2 Å². The number of piperidine rings is 1. The molecule has 32 heavy (non-hydrogen) atoms. The summed E-state index contributed by atoms with van der Waals surface area (Å²) in [6.07, 6.45) is 4.46. The lowest BCUT2D eigenvalue weighted by Gasteiger charge is -2.48. The van der Waals surface area contributed by atoms with Crippen molar-refractivity contribution in [3.8, 4) is 0 Å². The zero-order valence-corrected chi connectivity index (χ0v) is 19.5. The molecule has 3 atom stereocenters. The van der Waals surface area contributed by atoms with Crippen LogP contribution in [0.1, 0.15) is 37.7 Å². The first kappa shape index (κ1) is 23.2. The van der Waals surface area contributed by atoms with E-state index in [4.69, 9.17) is 11.6 Å². The van der Waals surface area contributed by atoms with Gasteiger partial charge in [-0.05, 0) is 55.5 Å². The first-order valence-electron chi connectivity index (χ1n) is 11.1. The third-order valence-electron chi connectivity index (χ3n) is 6.74. The summed E-state index contributed by atoms with van der Waals surface area (Å²) < 4.78 is 28.7. The van der Waals surface area contributed by atoms with Crippen LogP contribution in [-0.4, -0.2) is 49.1 Å². The Hall–Kier alpha value is -1.93. The first-order chi connectivity index (χ1) is 15.3. The summed E-state index contributed by atoms with van der Waals surface area (Å²) in [6, 6.07) is 14.2. The van der Waals surface area contributed by atoms with Gasteiger partial charge in [-0.2, -0.15) is 4.72 Å². The molecule has 2 aliphatic rings. The molecule has 2 N–H and O–H groups in total. The average molecular weight is 477 g/mol. The van der Waals surface area contributed by atoms with Gasteiger partial charge in [0.25, 0.3) is 0 Å². The van der Waals surface area contributed by atoms with E-state index in [2.05, 4.69) is 4.72 Å². The van der Waals surface area contributed by atoms with Crippen LogP contribution in [0.5, 0.6) is 0 Å². The molecule has 2 aromatic rings. The zero-order valence-electron chi connectivity index (χ0n) is 17.9. The van der Waals surface area contributed by atoms with E-state index in [0.717, 1.165) is 31.2 Å². The van der Waals surface area contributed by atoms with Crippen LogP contribution in [0.4, 0.5) is 0 Å². The molecule has 0 radical (unpaired) electrons. The van der Waals surface area contributed by atoms with Crippen molar-refractivity contribution >= 4 is 27.5 Å². The largest absolute Gasteiger partial charge is 0.389 e. The van der Waals surface area contributed by atoms with Crippen LogP contribution in [0.2, 0.25) is 5.02 Å². The number of hydrogen-bond acceptors (Lipinski definition) is 4. The lowest BCUT2D eigenvalue weighted by Crippen LogP contribution is -2.58. The van der Waals surface area contributed by atoms with E-state index in [-0.39, 0.29) is 23.1 Å². The quantitative estimate of drug-likeness (QED) is 0.669. The minimum Gasteiger partial charge on any atom is -0.389 e. The number of nitrogens with one attached hydrogen (secondary N) is 1. The van der Waals surface area contributed by atoms with Gasteiger partial charge in [-0.1, -0.05) is 54.8 Å². The topological polar surface area (TPSA) is 86.7 Å². The number of carbonyl (C=O) groups is 1. The molecule has 8 heteroatoms. The number of halogens is 1. The third kappa shape index (κ3) is 5.17. The maximum atomic E-state index is 13.5. The van der Waals surface area contributed by atoms with Gasteiger partial charge in [0.1, 0.15) is 6.04 Å². The van der Waals surface area contributed by atoms with E-state index in [1.165, 1.54) is 12.1 Å². The predicted octanol–water partition coefficient (Wildman–Crippen LogP) is 3.38. The number of benzene rings is 2. The molecule has 0 spiro atoms. The van der Waals surface area contributed by atoms with Crippen LogP contribution in [0.3, 0.4) is 0 Å². The second-order valence-corrected chi connectivity index (χ2v) is 11.0. The monoisotopic (exact) mass is 476 g/mol. The van der Waals surface area contributed by atoms with Crippen LogP contribution in [-0.2, 0) is 21.2 Å². The molecule has 1 heterocycles. The van der Waals surface area contributed by atoms with Gasteiger partial charge < -0.3 is 10.0 Å². The zero-order chi connectivity index (χ0) is 22.8. The van der Waals surface area contributed by atoms with Gasteiger partial charge in [0.15, 0.2) is 0 Å². The molecule has 1 saturated carbocycles. The molecule has 0 bridgehead atoms. The summed E-state index contributed by atoms with van der Waals surface area (Å²) in [4.78, 5) is 15.4. The van der Waals surface area contributed by atoms with E-state index in [9.17, 15) is 18.3 Å². The van der Waals surface area contributed by atoms with Crippen molar-refractivity contribution in [1.82, 2.24) is 9.62 Å². The molecule has 4 rings (SSSR count). The van der Waals surface area contributed by atoms with Crippen molar-refractivity contribution in [2.45, 2.75) is 55.1 Å². The molecule has 1 saturated heterocycles. The Balaban J connectivity index is 1.57. The van der Waals surface area contributed by atoms with Gasteiger partial charge in [-0.3, -0.25) is 4.79 Å². The Morgan fingerprint density at radius 1 is 1.12 bits per heavy atom. The van der Waals surface area contributed by atoms with Crippen LogP contribution >= 0.6 is 11.6 Å². The molecular formula is C24H29ClN2O4S. The van der Waals surface area contributed by atoms with Crippen molar-refractivity contribution in [2.75, 3.05) is 13.1 Å². The lowest BCUT2D eigenvalue weighted by atomic mass is 9.71. The van der Waals surface area contributed by atoms with Crippen LogP contribution in [0, 0.1) is 5.92 Å². The molecule has 6 nitrogen and oxygen atoms in total. The minimum absolute atomic E-state index is 0.0378. The predicted molar refractivity (Wildman–Crippen MR) is 124 cm³/mol. The number of sulfonamides is 1. The van der Waals surface area contributed by atoms with Gasteiger partial charge in [-0.25, -0.2) is 8.42 Å². The molecule has 1 amide bonds. The normalized spacial score (nSPS) is 24.6. The van der Waals surface area contributed by atoms with E-state index in [1.54, 1.807) is 47.4 Å². The van der Waals surface area contributed by atoms with E-state index in [1.807, 2.05) is 0 Å². The van der Waals surface area contributed by atoms with Gasteiger partial charge in [0.05, 0.1) is 10.5 Å². The molecule has 1 aliphatic carbocycles. The van der Waals surface area contributed by atoms with Gasteiger partial charge in [0.2, 0.25) is 15.9 Å². The molecule has 2 fully saturated rings. The summed E-state index contributed by atoms with van der Waals surface area (Å²) in [5, 5.41) is 11.5. The van der Waals surface area contributed by atoms with Crippen LogP contribution in [0.15, 0.2) is 59.5 Å². The van der Waals surface area contributed by atoms with Gasteiger partial charge in [0, 0.05) is 24.0 Å². The number of rotatable bonds is 6. The first-order valence-corrected chi connectivity index (χ1v) is 13.0. The van der Waals surface area contributed by atoms with E-state index >= 15 is 0 Å². The summed E-state index contributed by atoms with van der Waals surface area (Å²) >= 11 is 5.99. The second kappa shape index (κ2) is 9.51. The highest BCUT2D eigenvalue weighted by Gasteiger charge is 2.44. The fraction of sp³-hybridized carbons (Fsp3) is 0.458. The number of amides is 1. The number of aliphatic hydroxyl groups is 1. The van der Waals surface area contributed by atoms with Crippen molar-refractivity contribution in [2.24, 2.45) is 5.92 Å². The highest BCUT2D eigenvalue weighted by Crippen LogP contribution is 2.40. The summed E-state index contributed by atoms with van der Waals surface area (Å²) in [5.41, 5.74) is 0.110.